The third kappa shape index (κ3) is 1.23. The lowest BCUT2D eigenvalue weighted by Gasteiger charge is -2.03. The van der Waals surface area contributed by atoms with E-state index in [0.717, 1.165) is 0 Å². The number of aryl methyl sites for hydroxylation is 1. The Labute approximate surface area is 69.4 Å². The Morgan fingerprint density at radius 2 is 2.00 bits per heavy atom. The third-order valence-electron chi connectivity index (χ3n) is 1.69. The molecular formula is C8H9NO3. The average Bonchev–Trinajstić information content (AvgIpc) is 2.10. The highest BCUT2D eigenvalue weighted by Crippen LogP contribution is 2.37. The van der Waals surface area contributed by atoms with Gasteiger partial charge in [-0.2, -0.15) is 0 Å². The van der Waals surface area contributed by atoms with Crippen molar-refractivity contribution >= 4 is 5.69 Å². The van der Waals surface area contributed by atoms with E-state index in [9.17, 15) is 10.0 Å². The fourth-order valence-electron chi connectivity index (χ4n) is 0.970. The summed E-state index contributed by atoms with van der Waals surface area (Å²) in [7, 11) is 0. The van der Waals surface area contributed by atoms with E-state index in [0.29, 0.717) is 12.0 Å². The van der Waals surface area contributed by atoms with Crippen LogP contribution in [-0.4, -0.2) is 10.2 Å². The zero-order valence-electron chi connectivity index (χ0n) is 6.61. The third-order valence-corrected chi connectivity index (χ3v) is 1.69. The molecule has 4 heteroatoms. The van der Waals surface area contributed by atoms with Gasteiger partial charge in [-0.1, -0.05) is 13.0 Å². The molecule has 0 radical (unpaired) electrons. The summed E-state index contributed by atoms with van der Waals surface area (Å²) in [6.45, 7) is 1.84. The number of hydrogen-bond acceptors (Lipinski definition) is 4. The molecule has 1 aromatic carbocycles. The quantitative estimate of drug-likeness (QED) is 0.523. The summed E-state index contributed by atoms with van der Waals surface area (Å²) in [4.78, 5) is 10.1. The van der Waals surface area contributed by atoms with Gasteiger partial charge in [-0.25, -0.2) is 0 Å². The van der Waals surface area contributed by atoms with Gasteiger partial charge in [-0.15, -0.1) is 4.91 Å². The van der Waals surface area contributed by atoms with Crippen molar-refractivity contribution in [3.63, 3.8) is 0 Å². The maximum absolute atomic E-state index is 10.1. The summed E-state index contributed by atoms with van der Waals surface area (Å²) < 4.78 is 0. The molecule has 0 bridgehead atoms. The van der Waals surface area contributed by atoms with Crippen molar-refractivity contribution in [2.45, 2.75) is 13.3 Å². The Kier molecular flexibility index (Phi) is 2.28. The highest BCUT2D eigenvalue weighted by Gasteiger charge is 2.10. The smallest absolute Gasteiger partial charge is 0.187 e. The van der Waals surface area contributed by atoms with Gasteiger partial charge in [-0.3, -0.25) is 0 Å². The standard InChI is InChI=1S/C8H9NO3/c1-2-5-3-4-6(9-12)8(11)7(5)10/h3-4,10-11H,2H2,1H3. The Hall–Kier alpha value is -1.58. The van der Waals surface area contributed by atoms with Crippen LogP contribution in [0.15, 0.2) is 17.3 Å². The van der Waals surface area contributed by atoms with Crippen LogP contribution in [-0.2, 0) is 6.42 Å². The number of benzene rings is 1. The minimum Gasteiger partial charge on any atom is -0.504 e. The maximum Gasteiger partial charge on any atom is 0.187 e. The number of rotatable bonds is 2. The SMILES string of the molecule is CCc1ccc(N=O)c(O)c1O. The monoisotopic (exact) mass is 167 g/mol. The molecule has 0 aliphatic carbocycles. The van der Waals surface area contributed by atoms with Crippen molar-refractivity contribution in [1.82, 2.24) is 0 Å². The second-order valence-electron chi connectivity index (χ2n) is 2.39. The molecular weight excluding hydrogens is 158 g/mol. The summed E-state index contributed by atoms with van der Waals surface area (Å²) in [6, 6.07) is 2.94. The molecule has 0 amide bonds. The van der Waals surface area contributed by atoms with E-state index >= 15 is 0 Å². The summed E-state index contributed by atoms with van der Waals surface area (Å²) >= 11 is 0. The van der Waals surface area contributed by atoms with Gasteiger partial charge >= 0.3 is 0 Å². The van der Waals surface area contributed by atoms with E-state index in [1.54, 1.807) is 6.07 Å². The highest BCUT2D eigenvalue weighted by atomic mass is 16.3. The largest absolute Gasteiger partial charge is 0.504 e. The van der Waals surface area contributed by atoms with Gasteiger partial charge in [0, 0.05) is 0 Å². The molecule has 0 saturated carbocycles. The van der Waals surface area contributed by atoms with Gasteiger partial charge in [0.05, 0.1) is 0 Å². The number of aromatic hydroxyl groups is 2. The molecule has 1 rings (SSSR count). The molecule has 0 fully saturated rings. The Morgan fingerprint density at radius 3 is 2.50 bits per heavy atom. The number of phenolic OH excluding ortho intramolecular Hbond substituents is 2. The summed E-state index contributed by atoms with van der Waals surface area (Å²) in [5.74, 6) is -0.695. The number of nitroso groups, excluding NO2 is 1. The second kappa shape index (κ2) is 3.21. The maximum atomic E-state index is 10.1. The number of hydrogen-bond donors (Lipinski definition) is 2. The second-order valence-corrected chi connectivity index (χ2v) is 2.39. The lowest BCUT2D eigenvalue weighted by molar-refractivity contribution is 0.401. The van der Waals surface area contributed by atoms with Gasteiger partial charge in [0.25, 0.3) is 0 Å². The zero-order chi connectivity index (χ0) is 9.14. The van der Waals surface area contributed by atoms with Gasteiger partial charge in [0.1, 0.15) is 0 Å². The Morgan fingerprint density at radius 1 is 1.33 bits per heavy atom. The van der Waals surface area contributed by atoms with Crippen LogP contribution < -0.4 is 0 Å². The van der Waals surface area contributed by atoms with E-state index < -0.39 is 5.75 Å². The van der Waals surface area contributed by atoms with Gasteiger partial charge in [0.2, 0.25) is 0 Å². The van der Waals surface area contributed by atoms with E-state index in [2.05, 4.69) is 5.18 Å². The first-order chi connectivity index (χ1) is 5.70. The van der Waals surface area contributed by atoms with Crippen molar-refractivity contribution < 1.29 is 10.2 Å². The molecule has 12 heavy (non-hydrogen) atoms. The molecule has 4 nitrogen and oxygen atoms in total. The van der Waals surface area contributed by atoms with Crippen LogP contribution in [0.25, 0.3) is 0 Å². The van der Waals surface area contributed by atoms with Crippen molar-refractivity contribution in [2.24, 2.45) is 5.18 Å². The fraction of sp³-hybridized carbons (Fsp3) is 0.250. The van der Waals surface area contributed by atoms with Crippen molar-refractivity contribution in [2.75, 3.05) is 0 Å². The van der Waals surface area contributed by atoms with Crippen LogP contribution in [0, 0.1) is 4.91 Å². The van der Waals surface area contributed by atoms with Crippen molar-refractivity contribution in [3.05, 3.63) is 22.6 Å². The van der Waals surface area contributed by atoms with E-state index in [1.165, 1.54) is 6.07 Å². The topological polar surface area (TPSA) is 69.9 Å². The molecule has 0 unspecified atom stereocenters. The minimum absolute atomic E-state index is 0.135. The zero-order valence-corrected chi connectivity index (χ0v) is 6.61. The molecule has 0 spiro atoms. The molecule has 1 aromatic rings. The average molecular weight is 167 g/mol. The van der Waals surface area contributed by atoms with E-state index in [-0.39, 0.29) is 11.4 Å². The van der Waals surface area contributed by atoms with Crippen LogP contribution in [0.4, 0.5) is 5.69 Å². The minimum atomic E-state index is -0.440. The lowest BCUT2D eigenvalue weighted by atomic mass is 10.1. The lowest BCUT2D eigenvalue weighted by Crippen LogP contribution is -1.81. The van der Waals surface area contributed by atoms with Crippen LogP contribution in [0.3, 0.4) is 0 Å². The van der Waals surface area contributed by atoms with Gasteiger partial charge < -0.3 is 10.2 Å². The first-order valence-electron chi connectivity index (χ1n) is 3.57. The molecule has 0 atom stereocenters. The van der Waals surface area contributed by atoms with Crippen molar-refractivity contribution in [3.8, 4) is 11.5 Å². The first kappa shape index (κ1) is 8.52. The van der Waals surface area contributed by atoms with Crippen LogP contribution >= 0.6 is 0 Å². The molecule has 0 saturated heterocycles. The van der Waals surface area contributed by atoms with Crippen LogP contribution in [0.1, 0.15) is 12.5 Å². The molecule has 0 aliphatic heterocycles. The van der Waals surface area contributed by atoms with Crippen LogP contribution in [0.5, 0.6) is 11.5 Å². The Balaban J connectivity index is 3.29. The molecule has 2 N–H and O–H groups in total. The van der Waals surface area contributed by atoms with E-state index in [4.69, 9.17) is 5.11 Å². The first-order valence-corrected chi connectivity index (χ1v) is 3.57. The highest BCUT2D eigenvalue weighted by molar-refractivity contribution is 5.61. The number of nitrogens with zero attached hydrogens (tertiary/aromatic N) is 1. The Bertz CT molecular complexity index is 309. The normalized spacial score (nSPS) is 9.75. The fourth-order valence-corrected chi connectivity index (χ4v) is 0.970. The van der Waals surface area contributed by atoms with Gasteiger partial charge in [0.15, 0.2) is 17.2 Å². The predicted octanol–water partition coefficient (Wildman–Crippen LogP) is 2.06. The summed E-state index contributed by atoms with van der Waals surface area (Å²) in [6.07, 6.45) is 0.596. The summed E-state index contributed by atoms with van der Waals surface area (Å²) in [5, 5.41) is 21.0. The molecule has 0 heterocycles. The van der Waals surface area contributed by atoms with E-state index in [1.807, 2.05) is 6.92 Å². The van der Waals surface area contributed by atoms with Gasteiger partial charge in [-0.05, 0) is 23.2 Å². The molecule has 64 valence electrons. The number of phenols is 2. The van der Waals surface area contributed by atoms with Crippen LogP contribution in [0.2, 0.25) is 0 Å². The predicted molar refractivity (Wildman–Crippen MR) is 44.6 cm³/mol. The molecule has 0 aliphatic rings. The summed E-state index contributed by atoms with van der Waals surface area (Å²) in [5.41, 5.74) is 0.463. The van der Waals surface area contributed by atoms with Crippen molar-refractivity contribution in [1.29, 1.82) is 0 Å². The molecule has 0 aromatic heterocycles.